The molecule has 1 aliphatic rings. The van der Waals surface area contributed by atoms with E-state index in [-0.39, 0.29) is 0 Å². The first-order valence-electron chi connectivity index (χ1n) is 7.98. The summed E-state index contributed by atoms with van der Waals surface area (Å²) in [6, 6.07) is 15.9. The highest BCUT2D eigenvalue weighted by atomic mass is 15.0. The van der Waals surface area contributed by atoms with Gasteiger partial charge in [0, 0.05) is 23.5 Å². The molecule has 0 saturated carbocycles. The van der Waals surface area contributed by atoms with Crippen LogP contribution in [0.3, 0.4) is 0 Å². The van der Waals surface area contributed by atoms with E-state index < -0.39 is 0 Å². The summed E-state index contributed by atoms with van der Waals surface area (Å²) in [5.41, 5.74) is 8.72. The fraction of sp³-hybridized carbons (Fsp3) is 0.300. The van der Waals surface area contributed by atoms with E-state index in [1.54, 1.807) is 5.56 Å². The molecular formula is C20H21N. The van der Waals surface area contributed by atoms with Gasteiger partial charge in [-0.05, 0) is 54.5 Å². The Morgan fingerprint density at radius 3 is 2.76 bits per heavy atom. The average molecular weight is 275 g/mol. The molecule has 0 spiro atoms. The third kappa shape index (κ3) is 1.84. The summed E-state index contributed by atoms with van der Waals surface area (Å²) in [5.74, 6) is 0. The molecule has 2 aromatic carbocycles. The van der Waals surface area contributed by atoms with Crippen LogP contribution in [0, 0.1) is 0 Å². The number of hydrogen-bond acceptors (Lipinski definition) is 0. The van der Waals surface area contributed by atoms with Gasteiger partial charge in [-0.2, -0.15) is 0 Å². The molecule has 1 aromatic heterocycles. The molecule has 1 aliphatic carbocycles. The molecule has 0 radical (unpaired) electrons. The predicted octanol–water partition coefficient (Wildman–Crippen LogP) is 4.90. The maximum atomic E-state index is 2.40. The van der Waals surface area contributed by atoms with Gasteiger partial charge in [0.25, 0.3) is 0 Å². The SMILES string of the molecule is CCc1ccc2c(c1)c1c(n2C)-c2ccccc2CCC1. The highest BCUT2D eigenvalue weighted by molar-refractivity contribution is 5.93. The van der Waals surface area contributed by atoms with Crippen molar-refractivity contribution in [3.8, 4) is 11.3 Å². The van der Waals surface area contributed by atoms with E-state index in [1.165, 1.54) is 52.5 Å². The molecule has 0 N–H and O–H groups in total. The van der Waals surface area contributed by atoms with Crippen molar-refractivity contribution in [3.05, 3.63) is 59.2 Å². The Morgan fingerprint density at radius 2 is 1.90 bits per heavy atom. The molecule has 0 unspecified atom stereocenters. The van der Waals surface area contributed by atoms with Gasteiger partial charge in [-0.1, -0.05) is 37.3 Å². The molecule has 0 atom stereocenters. The van der Waals surface area contributed by atoms with Gasteiger partial charge < -0.3 is 4.57 Å². The number of benzene rings is 2. The summed E-state index contributed by atoms with van der Waals surface area (Å²) in [6.45, 7) is 2.23. The Morgan fingerprint density at radius 1 is 1.05 bits per heavy atom. The Labute approximate surface area is 126 Å². The lowest BCUT2D eigenvalue weighted by Gasteiger charge is -2.09. The van der Waals surface area contributed by atoms with Crippen LogP contribution in [0.15, 0.2) is 42.5 Å². The van der Waals surface area contributed by atoms with E-state index in [4.69, 9.17) is 0 Å². The van der Waals surface area contributed by atoms with Crippen LogP contribution in [0.25, 0.3) is 22.2 Å². The molecule has 1 heteroatoms. The van der Waals surface area contributed by atoms with Gasteiger partial charge in [-0.3, -0.25) is 0 Å². The molecule has 3 aromatic rings. The maximum absolute atomic E-state index is 2.40. The fourth-order valence-corrected chi connectivity index (χ4v) is 3.81. The highest BCUT2D eigenvalue weighted by Crippen LogP contribution is 2.38. The summed E-state index contributed by atoms with van der Waals surface area (Å²) in [4.78, 5) is 0. The van der Waals surface area contributed by atoms with Crippen molar-refractivity contribution >= 4 is 10.9 Å². The zero-order chi connectivity index (χ0) is 14.4. The van der Waals surface area contributed by atoms with Crippen molar-refractivity contribution in [2.45, 2.75) is 32.6 Å². The van der Waals surface area contributed by atoms with Crippen LogP contribution in [0.1, 0.15) is 30.0 Å². The summed E-state index contributed by atoms with van der Waals surface area (Å²) >= 11 is 0. The molecule has 0 fully saturated rings. The van der Waals surface area contributed by atoms with Crippen LogP contribution < -0.4 is 0 Å². The fourth-order valence-electron chi connectivity index (χ4n) is 3.81. The van der Waals surface area contributed by atoms with Crippen molar-refractivity contribution in [1.82, 2.24) is 4.57 Å². The molecule has 4 rings (SSSR count). The predicted molar refractivity (Wildman–Crippen MR) is 89.8 cm³/mol. The van der Waals surface area contributed by atoms with E-state index in [2.05, 4.69) is 61.0 Å². The van der Waals surface area contributed by atoms with E-state index in [9.17, 15) is 0 Å². The molecule has 106 valence electrons. The summed E-state index contributed by atoms with van der Waals surface area (Å²) in [7, 11) is 2.22. The Kier molecular flexibility index (Phi) is 2.88. The third-order valence-electron chi connectivity index (χ3n) is 4.92. The molecule has 1 heterocycles. The van der Waals surface area contributed by atoms with Crippen molar-refractivity contribution in [1.29, 1.82) is 0 Å². The van der Waals surface area contributed by atoms with Crippen molar-refractivity contribution in [2.75, 3.05) is 0 Å². The van der Waals surface area contributed by atoms with E-state index in [1.807, 2.05) is 0 Å². The minimum atomic E-state index is 1.11. The zero-order valence-electron chi connectivity index (χ0n) is 12.8. The van der Waals surface area contributed by atoms with Gasteiger partial charge in [0.05, 0.1) is 5.69 Å². The van der Waals surface area contributed by atoms with Crippen LogP contribution >= 0.6 is 0 Å². The van der Waals surface area contributed by atoms with Crippen LogP contribution in [0.2, 0.25) is 0 Å². The molecule has 0 saturated heterocycles. The van der Waals surface area contributed by atoms with Gasteiger partial charge in [0.1, 0.15) is 0 Å². The zero-order valence-corrected chi connectivity index (χ0v) is 12.8. The lowest BCUT2D eigenvalue weighted by atomic mass is 10.0. The van der Waals surface area contributed by atoms with E-state index in [0.717, 1.165) is 6.42 Å². The maximum Gasteiger partial charge on any atom is 0.0524 e. The number of hydrogen-bond donors (Lipinski definition) is 0. The van der Waals surface area contributed by atoms with Crippen molar-refractivity contribution in [2.24, 2.45) is 7.05 Å². The number of aryl methyl sites for hydroxylation is 4. The number of rotatable bonds is 1. The van der Waals surface area contributed by atoms with Gasteiger partial charge in [-0.15, -0.1) is 0 Å². The van der Waals surface area contributed by atoms with Crippen LogP contribution in [0.5, 0.6) is 0 Å². The van der Waals surface area contributed by atoms with Gasteiger partial charge in [0.15, 0.2) is 0 Å². The Hall–Kier alpha value is -2.02. The van der Waals surface area contributed by atoms with Gasteiger partial charge in [0.2, 0.25) is 0 Å². The van der Waals surface area contributed by atoms with Crippen molar-refractivity contribution < 1.29 is 0 Å². The van der Waals surface area contributed by atoms with Gasteiger partial charge in [-0.25, -0.2) is 0 Å². The largest absolute Gasteiger partial charge is 0.343 e. The monoisotopic (exact) mass is 275 g/mol. The second-order valence-corrected chi connectivity index (χ2v) is 6.10. The molecule has 21 heavy (non-hydrogen) atoms. The first kappa shape index (κ1) is 12.7. The average Bonchev–Trinajstić information content (AvgIpc) is 2.69. The lowest BCUT2D eigenvalue weighted by molar-refractivity contribution is 0.838. The summed E-state index contributed by atoms with van der Waals surface area (Å²) in [6.07, 6.45) is 4.74. The highest BCUT2D eigenvalue weighted by Gasteiger charge is 2.21. The molecule has 0 amide bonds. The van der Waals surface area contributed by atoms with Crippen molar-refractivity contribution in [3.63, 3.8) is 0 Å². The minimum absolute atomic E-state index is 1.11. The van der Waals surface area contributed by atoms with Crippen LogP contribution in [0.4, 0.5) is 0 Å². The number of nitrogens with zero attached hydrogens (tertiary/aromatic N) is 1. The molecule has 1 nitrogen and oxygen atoms in total. The van der Waals surface area contributed by atoms with Crippen LogP contribution in [-0.4, -0.2) is 4.57 Å². The first-order valence-corrected chi connectivity index (χ1v) is 7.98. The summed E-state index contributed by atoms with van der Waals surface area (Å²) < 4.78 is 2.40. The molecule has 0 bridgehead atoms. The Bertz CT molecular complexity index is 823. The van der Waals surface area contributed by atoms with Crippen LogP contribution in [-0.2, 0) is 26.3 Å². The second-order valence-electron chi connectivity index (χ2n) is 6.10. The number of fused-ring (bicyclic) bond motifs is 5. The van der Waals surface area contributed by atoms with Gasteiger partial charge >= 0.3 is 0 Å². The topological polar surface area (TPSA) is 4.93 Å². The molecular weight excluding hydrogens is 254 g/mol. The standard InChI is InChI=1S/C20H21N/c1-3-14-11-12-19-18(13-14)17-10-6-8-15-7-4-5-9-16(15)20(17)21(19)2/h4-5,7,9,11-13H,3,6,8,10H2,1-2H3. The lowest BCUT2D eigenvalue weighted by Crippen LogP contribution is -1.94. The van der Waals surface area contributed by atoms with E-state index >= 15 is 0 Å². The second kappa shape index (κ2) is 4.77. The first-order chi connectivity index (χ1) is 10.3. The van der Waals surface area contributed by atoms with E-state index in [0.29, 0.717) is 0 Å². The number of aromatic nitrogens is 1. The Balaban J connectivity index is 2.09. The minimum Gasteiger partial charge on any atom is -0.343 e. The third-order valence-corrected chi connectivity index (χ3v) is 4.92. The molecule has 0 aliphatic heterocycles. The normalized spacial score (nSPS) is 13.8. The smallest absolute Gasteiger partial charge is 0.0524 e. The summed E-state index contributed by atoms with van der Waals surface area (Å²) in [5, 5.41) is 1.46. The quantitative estimate of drug-likeness (QED) is 0.595.